The molecule has 0 amide bonds. The molecule has 1 fully saturated rings. The third-order valence-electron chi connectivity index (χ3n) is 4.72. The fourth-order valence-corrected chi connectivity index (χ4v) is 3.27. The van der Waals surface area contributed by atoms with E-state index in [9.17, 15) is 19.8 Å². The Balaban J connectivity index is 2.45. The van der Waals surface area contributed by atoms with E-state index in [1.165, 1.54) is 12.8 Å². The van der Waals surface area contributed by atoms with Crippen molar-refractivity contribution >= 4 is 11.8 Å². The number of Topliss-reactive ketones (excluding diaryl/α,β-unsaturated/α-hetero) is 1. The van der Waals surface area contributed by atoms with Crippen molar-refractivity contribution in [3.8, 4) is 0 Å². The van der Waals surface area contributed by atoms with Gasteiger partial charge in [-0.2, -0.15) is 0 Å². The minimum Gasteiger partial charge on any atom is -0.481 e. The quantitative estimate of drug-likeness (QED) is 0.370. The van der Waals surface area contributed by atoms with Crippen LogP contribution >= 0.6 is 0 Å². The highest BCUT2D eigenvalue weighted by Gasteiger charge is 2.39. The summed E-state index contributed by atoms with van der Waals surface area (Å²) in [5.41, 5.74) is 0. The van der Waals surface area contributed by atoms with Gasteiger partial charge in [0.15, 0.2) is 0 Å². The number of aliphatic hydroxyl groups excluding tert-OH is 2. The average Bonchev–Trinajstić information content (AvgIpc) is 2.82. The summed E-state index contributed by atoms with van der Waals surface area (Å²) >= 11 is 0. The Labute approximate surface area is 150 Å². The predicted molar refractivity (Wildman–Crippen MR) is 97.1 cm³/mol. The lowest BCUT2D eigenvalue weighted by atomic mass is 9.88. The Morgan fingerprint density at radius 1 is 1.28 bits per heavy atom. The monoisotopic (exact) mass is 352 g/mol. The highest BCUT2D eigenvalue weighted by Crippen LogP contribution is 2.34. The molecule has 1 aliphatic rings. The Bertz CT molecular complexity index is 469. The molecule has 0 saturated heterocycles. The smallest absolute Gasteiger partial charge is 0.303 e. The van der Waals surface area contributed by atoms with E-state index in [2.05, 4.69) is 13.0 Å². The van der Waals surface area contributed by atoms with E-state index < -0.39 is 24.1 Å². The molecule has 0 spiro atoms. The van der Waals surface area contributed by atoms with Gasteiger partial charge in [-0.3, -0.25) is 9.59 Å². The molecule has 1 rings (SSSR count). The number of carbonyl (C=O) groups excluding carboxylic acids is 1. The number of hydrogen-bond donors (Lipinski definition) is 3. The maximum absolute atomic E-state index is 12.0. The van der Waals surface area contributed by atoms with Gasteiger partial charge in [0, 0.05) is 18.8 Å². The van der Waals surface area contributed by atoms with Gasteiger partial charge in [0.05, 0.1) is 12.2 Å². The second kappa shape index (κ2) is 12.0. The van der Waals surface area contributed by atoms with Crippen molar-refractivity contribution in [1.82, 2.24) is 0 Å². The topological polar surface area (TPSA) is 94.8 Å². The summed E-state index contributed by atoms with van der Waals surface area (Å²) in [5, 5.41) is 28.8. The molecular formula is C20H32O5. The molecule has 4 atom stereocenters. The first kappa shape index (κ1) is 21.6. The SMILES string of the molecule is CCCCC/C=C\C[C@@H](O)/C=C/[C@@H]1C(=O)C[C@H](O)[C@@H]1CCCC(=O)O. The molecule has 0 radical (unpaired) electrons. The van der Waals surface area contributed by atoms with Crippen LogP contribution in [0.1, 0.15) is 64.7 Å². The molecule has 0 aromatic rings. The van der Waals surface area contributed by atoms with Crippen molar-refractivity contribution in [2.75, 3.05) is 0 Å². The Morgan fingerprint density at radius 3 is 2.72 bits per heavy atom. The second-order valence-corrected chi connectivity index (χ2v) is 6.87. The van der Waals surface area contributed by atoms with Gasteiger partial charge in [-0.25, -0.2) is 0 Å². The number of carbonyl (C=O) groups is 2. The van der Waals surface area contributed by atoms with Gasteiger partial charge in [0.1, 0.15) is 5.78 Å². The molecule has 25 heavy (non-hydrogen) atoms. The van der Waals surface area contributed by atoms with Crippen LogP contribution in [0.4, 0.5) is 0 Å². The number of rotatable bonds is 12. The first-order chi connectivity index (χ1) is 12.0. The summed E-state index contributed by atoms with van der Waals surface area (Å²) < 4.78 is 0. The minimum atomic E-state index is -0.868. The predicted octanol–water partition coefficient (Wildman–Crippen LogP) is 3.25. The number of aliphatic hydroxyl groups is 2. The highest BCUT2D eigenvalue weighted by atomic mass is 16.4. The van der Waals surface area contributed by atoms with Crippen LogP contribution in [0.15, 0.2) is 24.3 Å². The van der Waals surface area contributed by atoms with Crippen molar-refractivity contribution in [2.45, 2.75) is 76.9 Å². The van der Waals surface area contributed by atoms with Gasteiger partial charge >= 0.3 is 5.97 Å². The molecule has 1 saturated carbocycles. The molecule has 1 aliphatic carbocycles. The third-order valence-corrected chi connectivity index (χ3v) is 4.72. The molecule has 5 heteroatoms. The van der Waals surface area contributed by atoms with E-state index in [0.29, 0.717) is 19.3 Å². The van der Waals surface area contributed by atoms with Crippen molar-refractivity contribution in [1.29, 1.82) is 0 Å². The zero-order valence-corrected chi connectivity index (χ0v) is 15.1. The van der Waals surface area contributed by atoms with Gasteiger partial charge in [-0.15, -0.1) is 0 Å². The molecule has 0 aliphatic heterocycles. The summed E-state index contributed by atoms with van der Waals surface area (Å²) in [6, 6.07) is 0. The summed E-state index contributed by atoms with van der Waals surface area (Å²) in [4.78, 5) is 22.7. The third kappa shape index (κ3) is 8.45. The van der Waals surface area contributed by atoms with Crippen LogP contribution in [0, 0.1) is 11.8 Å². The van der Waals surface area contributed by atoms with Gasteiger partial charge in [0.2, 0.25) is 0 Å². The number of ketones is 1. The van der Waals surface area contributed by atoms with E-state index in [1.807, 2.05) is 6.08 Å². The van der Waals surface area contributed by atoms with Crippen LogP contribution in [0.3, 0.4) is 0 Å². The Morgan fingerprint density at radius 2 is 2.04 bits per heavy atom. The fraction of sp³-hybridized carbons (Fsp3) is 0.700. The number of carboxylic acids is 1. The molecule has 3 N–H and O–H groups in total. The first-order valence-electron chi connectivity index (χ1n) is 9.39. The molecular weight excluding hydrogens is 320 g/mol. The summed E-state index contributed by atoms with van der Waals surface area (Å²) in [7, 11) is 0. The lowest BCUT2D eigenvalue weighted by Gasteiger charge is -2.18. The van der Waals surface area contributed by atoms with E-state index in [-0.39, 0.29) is 24.5 Å². The first-order valence-corrected chi connectivity index (χ1v) is 9.39. The number of allylic oxidation sites excluding steroid dienone is 2. The van der Waals surface area contributed by atoms with Crippen LogP contribution in [0.25, 0.3) is 0 Å². The standard InChI is InChI=1S/C20H32O5/c1-2-3-4-5-6-7-9-15(21)12-13-17-16(10-8-11-20(24)25)18(22)14-19(17)23/h6-7,12-13,15-18,21-22H,2-5,8-11,14H2,1H3,(H,24,25)/b7-6-,13-12+/t15-,16-,17+,18+/m1/s1. The molecule has 0 unspecified atom stereocenters. The normalized spacial score (nSPS) is 25.2. The van der Waals surface area contributed by atoms with Gasteiger partial charge < -0.3 is 15.3 Å². The lowest BCUT2D eigenvalue weighted by molar-refractivity contribution is -0.137. The summed E-state index contributed by atoms with van der Waals surface area (Å²) in [5.74, 6) is -1.58. The number of aliphatic carboxylic acids is 1. The molecule has 0 heterocycles. The molecule has 142 valence electrons. The zero-order chi connectivity index (χ0) is 18.7. The van der Waals surface area contributed by atoms with Crippen LogP contribution in [0.2, 0.25) is 0 Å². The molecule has 0 aromatic heterocycles. The maximum atomic E-state index is 12.0. The molecule has 0 bridgehead atoms. The van der Waals surface area contributed by atoms with E-state index >= 15 is 0 Å². The van der Waals surface area contributed by atoms with Gasteiger partial charge in [-0.1, -0.05) is 44.1 Å². The Hall–Kier alpha value is -1.46. The van der Waals surface area contributed by atoms with Crippen LogP contribution in [-0.2, 0) is 9.59 Å². The van der Waals surface area contributed by atoms with Crippen molar-refractivity contribution in [3.63, 3.8) is 0 Å². The summed E-state index contributed by atoms with van der Waals surface area (Å²) in [6.07, 6.45) is 12.2. The van der Waals surface area contributed by atoms with Crippen LogP contribution < -0.4 is 0 Å². The lowest BCUT2D eigenvalue weighted by Crippen LogP contribution is -2.20. The number of unbranched alkanes of at least 4 members (excludes halogenated alkanes) is 3. The summed E-state index contributed by atoms with van der Waals surface area (Å²) in [6.45, 7) is 2.16. The van der Waals surface area contributed by atoms with Crippen LogP contribution in [0.5, 0.6) is 0 Å². The number of carboxylic acid groups (broad SMARTS) is 1. The van der Waals surface area contributed by atoms with Gasteiger partial charge in [-0.05, 0) is 38.0 Å². The van der Waals surface area contributed by atoms with E-state index in [4.69, 9.17) is 5.11 Å². The Kier molecular flexibility index (Phi) is 10.3. The van der Waals surface area contributed by atoms with Crippen molar-refractivity contribution in [3.05, 3.63) is 24.3 Å². The highest BCUT2D eigenvalue weighted by molar-refractivity contribution is 5.86. The number of hydrogen-bond acceptors (Lipinski definition) is 4. The zero-order valence-electron chi connectivity index (χ0n) is 15.1. The second-order valence-electron chi connectivity index (χ2n) is 6.87. The van der Waals surface area contributed by atoms with Gasteiger partial charge in [0.25, 0.3) is 0 Å². The van der Waals surface area contributed by atoms with Crippen molar-refractivity contribution < 1.29 is 24.9 Å². The average molecular weight is 352 g/mol. The minimum absolute atomic E-state index is 0.0358. The fourth-order valence-electron chi connectivity index (χ4n) is 3.27. The maximum Gasteiger partial charge on any atom is 0.303 e. The van der Waals surface area contributed by atoms with Crippen LogP contribution in [-0.4, -0.2) is 39.3 Å². The van der Waals surface area contributed by atoms with E-state index in [0.717, 1.165) is 12.8 Å². The van der Waals surface area contributed by atoms with E-state index in [1.54, 1.807) is 12.2 Å². The molecule has 5 nitrogen and oxygen atoms in total. The van der Waals surface area contributed by atoms with Crippen molar-refractivity contribution in [2.24, 2.45) is 11.8 Å². The molecule has 0 aromatic carbocycles. The largest absolute Gasteiger partial charge is 0.481 e.